The molecule has 1 atom stereocenters. The fraction of sp³-hybridized carbons (Fsp3) is 0.133. The van der Waals surface area contributed by atoms with Crippen LogP contribution in [0.25, 0.3) is 17.0 Å². The number of fused-ring (bicyclic) bond motifs is 2. The summed E-state index contributed by atoms with van der Waals surface area (Å²) in [5, 5.41) is 24.9. The van der Waals surface area contributed by atoms with Crippen molar-refractivity contribution in [2.45, 2.75) is 24.3 Å². The van der Waals surface area contributed by atoms with Crippen LogP contribution >= 0.6 is 11.8 Å². The van der Waals surface area contributed by atoms with Crippen LogP contribution in [0.15, 0.2) is 95.0 Å². The highest BCUT2D eigenvalue weighted by molar-refractivity contribution is 8.03. The minimum absolute atomic E-state index is 0. The zero-order valence-corrected chi connectivity index (χ0v) is 24.7. The van der Waals surface area contributed by atoms with Gasteiger partial charge >= 0.3 is 0 Å². The second-order valence-electron chi connectivity index (χ2n) is 9.73. The van der Waals surface area contributed by atoms with E-state index in [1.54, 1.807) is 31.2 Å². The number of nitrogens with one attached hydrogen (secondary N) is 1. The lowest BCUT2D eigenvalue weighted by Gasteiger charge is -2.12. The fourth-order valence-electron chi connectivity index (χ4n) is 4.92. The number of benzene rings is 3. The van der Waals surface area contributed by atoms with E-state index in [0.717, 1.165) is 37.6 Å². The van der Waals surface area contributed by atoms with E-state index in [1.165, 1.54) is 23.9 Å². The molecule has 0 fully saturated rings. The summed E-state index contributed by atoms with van der Waals surface area (Å²) in [7, 11) is 1.93. The first-order valence-electron chi connectivity index (χ1n) is 12.9. The first kappa shape index (κ1) is 31.2. The molecule has 3 N–H and O–H groups in total. The van der Waals surface area contributed by atoms with Gasteiger partial charge in [0.1, 0.15) is 0 Å². The molecule has 3 aromatic carbocycles. The number of carbonyl (C=O) groups excluding carboxylic acids is 1. The van der Waals surface area contributed by atoms with Crippen LogP contribution in [-0.4, -0.2) is 22.8 Å². The Bertz CT molecular complexity index is 1810. The number of hydrazine groups is 1. The van der Waals surface area contributed by atoms with Crippen molar-refractivity contribution in [2.75, 3.05) is 11.9 Å². The first-order valence-corrected chi connectivity index (χ1v) is 13.8. The lowest BCUT2D eigenvalue weighted by atomic mass is 9.97. The number of hydrogen-bond donors (Lipinski definition) is 2. The van der Waals surface area contributed by atoms with E-state index in [-0.39, 0.29) is 23.8 Å². The molecule has 43 heavy (non-hydrogen) atoms. The monoisotopic (exact) mass is 618 g/mol. The smallest absolute Gasteiger partial charge is 0.273 e. The van der Waals surface area contributed by atoms with Crippen molar-refractivity contribution in [3.8, 4) is 0 Å². The summed E-state index contributed by atoms with van der Waals surface area (Å²) < 4.78 is 2.02. The number of thioether (sulfide) groups is 1. The highest BCUT2D eigenvalue weighted by atomic mass is 35.5. The minimum Gasteiger partial charge on any atom is -1.00 e. The van der Waals surface area contributed by atoms with Crippen molar-refractivity contribution in [1.29, 1.82) is 0 Å². The van der Waals surface area contributed by atoms with Gasteiger partial charge in [0.05, 0.1) is 31.9 Å². The number of nitrogens with zero attached hydrogens (tertiary/aromatic N) is 4. The summed E-state index contributed by atoms with van der Waals surface area (Å²) in [6.07, 6.45) is 7.86. The van der Waals surface area contributed by atoms with Crippen LogP contribution in [0.2, 0.25) is 0 Å². The molecule has 0 saturated heterocycles. The van der Waals surface area contributed by atoms with Crippen LogP contribution in [0.1, 0.15) is 29.5 Å². The summed E-state index contributed by atoms with van der Waals surface area (Å²) in [6.45, 7) is 1.96. The van der Waals surface area contributed by atoms with Gasteiger partial charge in [0.2, 0.25) is 11.4 Å². The molecule has 0 aliphatic carbocycles. The van der Waals surface area contributed by atoms with Gasteiger partial charge in [-0.05, 0) is 30.7 Å². The number of rotatable bonds is 8. The number of allylic oxidation sites excluding steroid dienone is 2. The predicted octanol–water partition coefficient (Wildman–Crippen LogP) is 2.19. The maximum Gasteiger partial charge on any atom is 0.273 e. The molecule has 2 heterocycles. The van der Waals surface area contributed by atoms with Gasteiger partial charge in [-0.2, -0.15) is 4.57 Å². The molecule has 0 radical (unpaired) electrons. The third-order valence-electron chi connectivity index (χ3n) is 7.18. The van der Waals surface area contributed by atoms with E-state index < -0.39 is 21.7 Å². The molecular formula is C30H27ClN6O5S. The van der Waals surface area contributed by atoms with E-state index >= 15 is 0 Å². The average Bonchev–Trinajstić information content (AvgIpc) is 3.31. The van der Waals surface area contributed by atoms with Gasteiger partial charge in [0, 0.05) is 53.4 Å². The van der Waals surface area contributed by atoms with Gasteiger partial charge in [-0.15, -0.1) is 0 Å². The lowest BCUT2D eigenvalue weighted by molar-refractivity contribution is -0.662. The number of nitrogens with two attached hydrogens (primary N) is 1. The summed E-state index contributed by atoms with van der Waals surface area (Å²) in [6, 6.07) is 19.6. The molecule has 1 aliphatic rings. The standard InChI is InChI=1S/C30H26N6O5S.ClH/c1-19(30(37)32-31)23-12-10-20(16-27(23)36(40)41)18-34-15-14-21(24-7-3-4-8-25(24)34)6-5-9-29-33(2)26-13-11-22(35(38)39)17-28(26)42-29;/h3-17,19H,18,31H2,1-2H3;1H. The van der Waals surface area contributed by atoms with Crippen molar-refractivity contribution < 1.29 is 31.6 Å². The van der Waals surface area contributed by atoms with Gasteiger partial charge in [-0.25, -0.2) is 5.84 Å². The van der Waals surface area contributed by atoms with Crippen molar-refractivity contribution in [3.05, 3.63) is 127 Å². The van der Waals surface area contributed by atoms with Gasteiger partial charge in [0.25, 0.3) is 11.4 Å². The van der Waals surface area contributed by atoms with Gasteiger partial charge in [-0.1, -0.05) is 48.2 Å². The molecule has 1 aromatic heterocycles. The number of hydrogen-bond acceptors (Lipinski definition) is 8. The second-order valence-corrected chi connectivity index (χ2v) is 10.8. The Morgan fingerprint density at radius 2 is 1.86 bits per heavy atom. The zero-order chi connectivity index (χ0) is 30.0. The summed E-state index contributed by atoms with van der Waals surface area (Å²) in [5.74, 6) is 3.96. The number of amides is 1. The van der Waals surface area contributed by atoms with Gasteiger partial charge < -0.3 is 17.3 Å². The molecule has 4 aromatic rings. The number of anilines is 1. The van der Waals surface area contributed by atoms with Crippen molar-refractivity contribution in [3.63, 3.8) is 0 Å². The molecule has 1 unspecified atom stereocenters. The molecule has 220 valence electrons. The van der Waals surface area contributed by atoms with Crippen LogP contribution in [0, 0.1) is 20.2 Å². The molecule has 1 amide bonds. The van der Waals surface area contributed by atoms with Crippen molar-refractivity contribution in [2.24, 2.45) is 5.84 Å². The largest absolute Gasteiger partial charge is 1.00 e. The molecule has 11 nitrogen and oxygen atoms in total. The number of para-hydroxylation sites is 1. The number of halogens is 1. The number of carbonyl (C=O) groups is 1. The van der Waals surface area contributed by atoms with E-state index in [4.69, 9.17) is 5.84 Å². The van der Waals surface area contributed by atoms with Crippen LogP contribution in [0.3, 0.4) is 0 Å². The lowest BCUT2D eigenvalue weighted by Crippen LogP contribution is -3.00. The Morgan fingerprint density at radius 1 is 1.09 bits per heavy atom. The second kappa shape index (κ2) is 13.0. The molecular weight excluding hydrogens is 592 g/mol. The molecule has 0 bridgehead atoms. The van der Waals surface area contributed by atoms with E-state index in [2.05, 4.69) is 5.43 Å². The fourth-order valence-corrected chi connectivity index (χ4v) is 6.02. The Balaban J connectivity index is 0.00000423. The van der Waals surface area contributed by atoms with Crippen molar-refractivity contribution in [1.82, 2.24) is 5.43 Å². The quantitative estimate of drug-likeness (QED) is 0.100. The third kappa shape index (κ3) is 6.36. The number of non-ortho nitro benzene ring substituents is 1. The maximum absolute atomic E-state index is 12.0. The molecule has 5 rings (SSSR count). The SMILES string of the molecule is CC(C(=O)NN)c1ccc(C[n+]2ccc(/C=C/C=C3/Sc4cc([N+](=O)[O-])ccc4N3C)c3ccccc32)cc1[N+](=O)[O-].[Cl-]. The zero-order valence-electron chi connectivity index (χ0n) is 23.1. The Hall–Kier alpha value is -4.78. The Kier molecular flexibility index (Phi) is 9.44. The predicted molar refractivity (Wildman–Crippen MR) is 162 cm³/mol. The average molecular weight is 619 g/mol. The van der Waals surface area contributed by atoms with Gasteiger partial charge in [-0.3, -0.25) is 30.4 Å². The normalized spacial score (nSPS) is 14.0. The summed E-state index contributed by atoms with van der Waals surface area (Å²) in [5.41, 5.74) is 5.85. The molecule has 13 heteroatoms. The topological polar surface area (TPSA) is 149 Å². The maximum atomic E-state index is 12.0. The molecule has 1 aliphatic heterocycles. The van der Waals surface area contributed by atoms with Crippen LogP contribution in [-0.2, 0) is 11.3 Å². The number of pyridine rings is 1. The van der Waals surface area contributed by atoms with Gasteiger partial charge in [0.15, 0.2) is 12.7 Å². The number of nitro benzene ring substituents is 2. The van der Waals surface area contributed by atoms with E-state index in [9.17, 15) is 25.0 Å². The Morgan fingerprint density at radius 3 is 2.58 bits per heavy atom. The first-order chi connectivity index (χ1) is 20.2. The highest BCUT2D eigenvalue weighted by Crippen LogP contribution is 2.46. The molecule has 0 saturated carbocycles. The number of nitro groups is 2. The molecule has 0 spiro atoms. The number of aromatic nitrogens is 1. The van der Waals surface area contributed by atoms with Crippen LogP contribution in [0.4, 0.5) is 17.1 Å². The minimum atomic E-state index is -0.769. The van der Waals surface area contributed by atoms with Crippen LogP contribution < -0.4 is 33.1 Å². The van der Waals surface area contributed by atoms with Crippen molar-refractivity contribution >= 4 is 51.7 Å². The van der Waals surface area contributed by atoms with E-state index in [0.29, 0.717) is 12.1 Å². The van der Waals surface area contributed by atoms with E-state index in [1.807, 2.05) is 71.3 Å². The third-order valence-corrected chi connectivity index (χ3v) is 8.35. The summed E-state index contributed by atoms with van der Waals surface area (Å²) >= 11 is 1.48. The Labute approximate surface area is 257 Å². The highest BCUT2D eigenvalue weighted by Gasteiger charge is 2.26. The van der Waals surface area contributed by atoms with Crippen LogP contribution in [0.5, 0.6) is 0 Å². The summed E-state index contributed by atoms with van der Waals surface area (Å²) in [4.78, 5) is 36.9.